The first kappa shape index (κ1) is 80.5. The van der Waals surface area contributed by atoms with Gasteiger partial charge in [-0.15, -0.1) is 0 Å². The molecule has 0 unspecified atom stereocenters. The third-order valence-corrected chi connectivity index (χ3v) is 22.5. The van der Waals surface area contributed by atoms with Gasteiger partial charge in [-0.05, 0) is 221 Å². The van der Waals surface area contributed by atoms with Crippen molar-refractivity contribution in [3.8, 4) is 103 Å². The molecule has 0 aliphatic heterocycles. The highest BCUT2D eigenvalue weighted by Gasteiger charge is 2.24. The first-order valence-corrected chi connectivity index (χ1v) is 40.0. The fourth-order valence-corrected chi connectivity index (χ4v) is 16.1. The lowest BCUT2D eigenvalue weighted by atomic mass is 10.0. The van der Waals surface area contributed by atoms with Gasteiger partial charge in [-0.2, -0.15) is 26.3 Å². The minimum Gasteiger partial charge on any atom is -0.495 e. The molecule has 0 atom stereocenters. The second-order valence-corrected chi connectivity index (χ2v) is 30.2. The number of hydrogen-bond acceptors (Lipinski definition) is 14. The van der Waals surface area contributed by atoms with Crippen LogP contribution < -0.4 is 27.5 Å². The fourth-order valence-electron chi connectivity index (χ4n) is 15.8. The molecule has 0 N–H and O–H groups in total. The number of nitriles is 5. The lowest BCUT2D eigenvalue weighted by molar-refractivity contribution is 0.415. The van der Waals surface area contributed by atoms with Crippen molar-refractivity contribution in [3.05, 3.63) is 371 Å². The van der Waals surface area contributed by atoms with Gasteiger partial charge in [0.15, 0.2) is 0 Å². The topological polar surface area (TPSA) is 287 Å². The Morgan fingerprint density at radius 1 is 0.344 bits per heavy atom. The molecule has 20 rings (SSSR count). The highest BCUT2D eigenvalue weighted by atomic mass is 35.5. The standard InChI is InChI=1S/C26H19ClN4O.C25H17ClN4O2.C25H15N5O.C24H15FN4O/c1-2-12-30-24-16-29-23-11-8-19(18-6-9-20(27)10-7-18)14-22(23)25(24)31(26(30)32)21-5-3-4-17(13-21)15-28;1-29-22-14-28-21-9-7-16(17-6-8-20(26)23(12-17)32-2)11-19(21)24(22)30(25(29)31)18-5-3-4-15(10-18)13-27;1-29-23-15-28-22-9-8-19(18-6-2-4-16(10-18)13-26)12-21(22)24(23)30(25(29)31)20-7-3-5-17(11-20)14-27;1-28-22-14-27-21-10-7-17(16-5-8-18(25)9-6-16)12-20(21)23(22)29(24(28)30)19-4-2-3-15(11-19)13-26/h3-11,13-14,16H,2,12H2,1H3;3-12,14H,1-2H3;2-12,15H,1H3;2-12,14H,1H3. The predicted molar refractivity (Wildman–Crippen MR) is 486 cm³/mol. The van der Waals surface area contributed by atoms with Crippen molar-refractivity contribution in [2.24, 2.45) is 21.1 Å². The maximum atomic E-state index is 13.5. The quantitative estimate of drug-likeness (QED) is 0.116. The number of halogens is 3. The Bertz CT molecular complexity index is 8330. The van der Waals surface area contributed by atoms with E-state index >= 15 is 0 Å². The van der Waals surface area contributed by atoms with E-state index in [-0.39, 0.29) is 28.6 Å². The summed E-state index contributed by atoms with van der Waals surface area (Å²) in [6.07, 6.45) is 7.66. The summed E-state index contributed by atoms with van der Waals surface area (Å²) in [6, 6.07) is 89.4. The molecule has 22 nitrogen and oxygen atoms in total. The molecule has 0 spiro atoms. The van der Waals surface area contributed by atoms with Gasteiger partial charge in [0.1, 0.15) is 11.6 Å². The number of imidazole rings is 4. The molecule has 0 amide bonds. The van der Waals surface area contributed by atoms with Crippen molar-refractivity contribution in [2.75, 3.05) is 7.11 Å². The molecule has 0 fully saturated rings. The Morgan fingerprint density at radius 2 is 0.640 bits per heavy atom. The molecule has 0 aliphatic carbocycles. The minimum atomic E-state index is -0.294. The normalized spacial score (nSPS) is 11.0. The van der Waals surface area contributed by atoms with Gasteiger partial charge in [-0.1, -0.05) is 121 Å². The summed E-state index contributed by atoms with van der Waals surface area (Å²) in [5.74, 6) is 0.295. The van der Waals surface area contributed by atoms with E-state index in [0.717, 1.165) is 117 Å². The van der Waals surface area contributed by atoms with E-state index in [1.54, 1.807) is 193 Å². The van der Waals surface area contributed by atoms with Crippen LogP contribution in [0, 0.1) is 62.5 Å². The summed E-state index contributed by atoms with van der Waals surface area (Å²) in [7, 11) is 6.71. The van der Waals surface area contributed by atoms with Crippen LogP contribution in [-0.4, -0.2) is 63.6 Å². The number of nitrogens with zero attached hydrogens (tertiary/aromatic N) is 17. The van der Waals surface area contributed by atoms with Gasteiger partial charge in [0, 0.05) is 54.3 Å². The fraction of sp³-hybridized carbons (Fsp3) is 0.0700. The third-order valence-electron chi connectivity index (χ3n) is 22.0. The summed E-state index contributed by atoms with van der Waals surface area (Å²) in [6.45, 7) is 2.63. The smallest absolute Gasteiger partial charge is 0.333 e. The summed E-state index contributed by atoms with van der Waals surface area (Å²) in [5.41, 5.74) is 20.7. The van der Waals surface area contributed by atoms with Crippen molar-refractivity contribution >= 4 is 111 Å². The van der Waals surface area contributed by atoms with E-state index in [0.29, 0.717) is 95.0 Å². The molecule has 12 aromatic carbocycles. The van der Waals surface area contributed by atoms with E-state index in [2.05, 4.69) is 56.3 Å². The number of hydrogen-bond donors (Lipinski definition) is 0. The van der Waals surface area contributed by atoms with Gasteiger partial charge in [-0.3, -0.25) is 56.5 Å². The van der Waals surface area contributed by atoms with E-state index < -0.39 is 0 Å². The van der Waals surface area contributed by atoms with Crippen LogP contribution in [0.4, 0.5) is 4.39 Å². The zero-order valence-corrected chi connectivity index (χ0v) is 68.8. The van der Waals surface area contributed by atoms with Crippen molar-refractivity contribution in [1.82, 2.24) is 56.5 Å². The zero-order chi connectivity index (χ0) is 87.0. The van der Waals surface area contributed by atoms with E-state index in [1.807, 2.05) is 146 Å². The highest BCUT2D eigenvalue weighted by molar-refractivity contribution is 6.32. The summed E-state index contributed by atoms with van der Waals surface area (Å²) >= 11 is 12.3. The number of aryl methyl sites for hydroxylation is 4. The Hall–Kier alpha value is -16.9. The molecular weight excluding hydrogens is 1610 g/mol. The van der Waals surface area contributed by atoms with Crippen LogP contribution in [0.1, 0.15) is 41.2 Å². The first-order valence-electron chi connectivity index (χ1n) is 39.2. The van der Waals surface area contributed by atoms with E-state index in [4.69, 9.17) is 27.9 Å². The van der Waals surface area contributed by atoms with Crippen LogP contribution in [0.2, 0.25) is 10.0 Å². The van der Waals surface area contributed by atoms with Gasteiger partial charge in [0.25, 0.3) is 0 Å². The van der Waals surface area contributed by atoms with Crippen molar-refractivity contribution in [3.63, 3.8) is 0 Å². The maximum Gasteiger partial charge on any atom is 0.333 e. The van der Waals surface area contributed by atoms with Crippen LogP contribution >= 0.6 is 23.2 Å². The molecule has 0 saturated carbocycles. The Balaban J connectivity index is 0.000000118. The minimum absolute atomic E-state index is 0.136. The predicted octanol–water partition coefficient (Wildman–Crippen LogP) is 19.9. The Labute approximate surface area is 721 Å². The number of ether oxygens (including phenoxy) is 1. The van der Waals surface area contributed by atoms with Gasteiger partial charge < -0.3 is 4.74 Å². The van der Waals surface area contributed by atoms with Crippen LogP contribution in [0.25, 0.3) is 155 Å². The second-order valence-electron chi connectivity index (χ2n) is 29.4. The second kappa shape index (κ2) is 33.7. The first-order chi connectivity index (χ1) is 60.8. The maximum absolute atomic E-state index is 13.5. The molecule has 0 aliphatic rings. The average Bonchev–Trinajstić information content (AvgIpc) is 1.65. The van der Waals surface area contributed by atoms with Gasteiger partial charge in [0.2, 0.25) is 0 Å². The molecule has 25 heteroatoms. The molecule has 0 radical (unpaired) electrons. The van der Waals surface area contributed by atoms with Crippen LogP contribution in [0.3, 0.4) is 0 Å². The summed E-state index contributed by atoms with van der Waals surface area (Å²) in [5, 5.41) is 51.0. The molecule has 8 heterocycles. The highest BCUT2D eigenvalue weighted by Crippen LogP contribution is 2.38. The lowest BCUT2D eigenvalue weighted by Gasteiger charge is -2.10. The summed E-state index contributed by atoms with van der Waals surface area (Å²) in [4.78, 5) is 71.2. The molecule has 125 heavy (non-hydrogen) atoms. The molecule has 8 aromatic heterocycles. The van der Waals surface area contributed by atoms with Crippen LogP contribution in [0.15, 0.2) is 305 Å². The van der Waals surface area contributed by atoms with Gasteiger partial charge >= 0.3 is 22.8 Å². The van der Waals surface area contributed by atoms with Crippen LogP contribution in [0.5, 0.6) is 5.75 Å². The number of fused-ring (bicyclic) bond motifs is 12. The molecule has 0 saturated heterocycles. The monoisotopic (exact) mass is 1670 g/mol. The lowest BCUT2D eigenvalue weighted by Crippen LogP contribution is -2.23. The number of benzene rings is 12. The Kier molecular flexibility index (Phi) is 21.7. The van der Waals surface area contributed by atoms with E-state index in [1.165, 1.54) is 12.1 Å². The number of pyridine rings is 4. The summed E-state index contributed by atoms with van der Waals surface area (Å²) < 4.78 is 31.7. The molecule has 602 valence electrons. The SMILES string of the molecule is CCCn1c(=O)n(-c2cccc(C#N)c2)c2c3cc(-c4ccc(Cl)cc4)ccc3ncc21.COc1cc(-c2ccc3ncc4c(c3c2)n(-c2cccc(C#N)c2)c(=O)n4C)ccc1Cl.Cn1c(=O)n(-c2cccc(C#N)c2)c2c3cc(-c4ccc(F)cc4)ccc3ncc21.Cn1c(=O)n(-c2cccc(C#N)c2)c2c3cc(-c4cccc(C#N)c4)ccc3ncc21. The molecule has 0 bridgehead atoms. The third kappa shape index (κ3) is 15.0. The largest absolute Gasteiger partial charge is 0.495 e. The van der Waals surface area contributed by atoms with Gasteiger partial charge in [0.05, 0.1) is 184 Å². The zero-order valence-electron chi connectivity index (χ0n) is 67.3. The van der Waals surface area contributed by atoms with Crippen molar-refractivity contribution in [1.29, 1.82) is 26.3 Å². The van der Waals surface area contributed by atoms with Gasteiger partial charge in [-0.25, -0.2) is 23.6 Å². The molecular formula is C100H66Cl2FN17O5. The van der Waals surface area contributed by atoms with Crippen LogP contribution in [-0.2, 0) is 27.7 Å². The number of methoxy groups -OCH3 is 1. The molecule has 20 aromatic rings. The van der Waals surface area contributed by atoms with Crippen molar-refractivity contribution < 1.29 is 9.13 Å². The average molecular weight is 1680 g/mol. The van der Waals surface area contributed by atoms with E-state index in [9.17, 15) is 49.9 Å². The van der Waals surface area contributed by atoms with Crippen molar-refractivity contribution in [2.45, 2.75) is 19.9 Å². The number of aromatic nitrogens is 12. The Morgan fingerprint density at radius 3 is 1.00 bits per heavy atom. The number of rotatable bonds is 11.